The van der Waals surface area contributed by atoms with E-state index in [4.69, 9.17) is 4.74 Å². The van der Waals surface area contributed by atoms with Gasteiger partial charge in [-0.15, -0.1) is 11.8 Å². The van der Waals surface area contributed by atoms with Gasteiger partial charge in [0.1, 0.15) is 17.6 Å². The van der Waals surface area contributed by atoms with Gasteiger partial charge < -0.3 is 15.0 Å². The highest BCUT2D eigenvalue weighted by molar-refractivity contribution is 7.99. The molecule has 0 saturated heterocycles. The van der Waals surface area contributed by atoms with E-state index < -0.39 is 6.04 Å². The fourth-order valence-electron chi connectivity index (χ4n) is 2.78. The molecule has 29 heavy (non-hydrogen) atoms. The fraction of sp³-hybridized carbons (Fsp3) is 0.364. The van der Waals surface area contributed by atoms with Crippen molar-refractivity contribution in [2.24, 2.45) is 0 Å². The molecule has 2 aromatic rings. The van der Waals surface area contributed by atoms with E-state index in [1.54, 1.807) is 37.1 Å². The number of rotatable bonds is 10. The van der Waals surface area contributed by atoms with Crippen molar-refractivity contribution in [1.29, 1.82) is 0 Å². The summed E-state index contributed by atoms with van der Waals surface area (Å²) in [5.74, 6) is 0.634. The highest BCUT2D eigenvalue weighted by Crippen LogP contribution is 2.19. The van der Waals surface area contributed by atoms with E-state index in [1.807, 2.05) is 31.2 Å². The van der Waals surface area contributed by atoms with E-state index in [0.717, 1.165) is 11.3 Å². The third kappa shape index (κ3) is 6.78. The van der Waals surface area contributed by atoms with Gasteiger partial charge in [-0.2, -0.15) is 0 Å². The van der Waals surface area contributed by atoms with Crippen LogP contribution in [-0.2, 0) is 21.9 Å². The average molecular weight is 419 g/mol. The zero-order chi connectivity index (χ0) is 21.2. The maximum absolute atomic E-state index is 13.8. The Morgan fingerprint density at radius 2 is 1.86 bits per heavy atom. The zero-order valence-electron chi connectivity index (χ0n) is 17.0. The number of carbonyl (C=O) groups is 2. The van der Waals surface area contributed by atoms with Crippen molar-refractivity contribution >= 4 is 23.6 Å². The molecule has 0 radical (unpaired) electrons. The van der Waals surface area contributed by atoms with Crippen LogP contribution in [0.5, 0.6) is 5.75 Å². The van der Waals surface area contributed by atoms with Gasteiger partial charge in [0, 0.05) is 18.8 Å². The lowest BCUT2D eigenvalue weighted by Crippen LogP contribution is -2.48. The number of carbonyl (C=O) groups excluding carboxylic acids is 2. The Morgan fingerprint density at radius 1 is 1.17 bits per heavy atom. The van der Waals surface area contributed by atoms with Crippen LogP contribution in [0.15, 0.2) is 48.5 Å². The predicted octanol–water partition coefficient (Wildman–Crippen LogP) is 3.62. The number of hydrogen-bond acceptors (Lipinski definition) is 4. The van der Waals surface area contributed by atoms with Crippen LogP contribution in [0.25, 0.3) is 0 Å². The number of methoxy groups -OCH3 is 1. The molecular formula is C22H27FN2O3S. The molecule has 2 rings (SSSR count). The van der Waals surface area contributed by atoms with Gasteiger partial charge >= 0.3 is 0 Å². The number of nitrogens with one attached hydrogen (secondary N) is 1. The van der Waals surface area contributed by atoms with Crippen molar-refractivity contribution < 1.29 is 18.7 Å². The van der Waals surface area contributed by atoms with Gasteiger partial charge in [-0.05, 0) is 43.2 Å². The monoisotopic (exact) mass is 418 g/mol. The highest BCUT2D eigenvalue weighted by atomic mass is 32.2. The lowest BCUT2D eigenvalue weighted by Gasteiger charge is -2.28. The summed E-state index contributed by atoms with van der Waals surface area (Å²) in [5.41, 5.74) is 1.46. The first kappa shape index (κ1) is 22.7. The highest BCUT2D eigenvalue weighted by Gasteiger charge is 2.25. The molecule has 0 spiro atoms. The molecule has 5 nitrogen and oxygen atoms in total. The summed E-state index contributed by atoms with van der Waals surface area (Å²) in [6.07, 6.45) is 0. The molecule has 1 atom stereocenters. The molecule has 0 bridgehead atoms. The van der Waals surface area contributed by atoms with Crippen molar-refractivity contribution in [2.45, 2.75) is 32.2 Å². The summed E-state index contributed by atoms with van der Waals surface area (Å²) in [7, 11) is 1.59. The molecule has 156 valence electrons. The van der Waals surface area contributed by atoms with Crippen LogP contribution < -0.4 is 10.1 Å². The summed E-state index contributed by atoms with van der Waals surface area (Å²) in [6, 6.07) is 13.3. The van der Waals surface area contributed by atoms with E-state index in [2.05, 4.69) is 5.32 Å². The Kier molecular flexibility index (Phi) is 8.99. The molecule has 2 amide bonds. The van der Waals surface area contributed by atoms with E-state index in [0.29, 0.717) is 24.4 Å². The van der Waals surface area contributed by atoms with Gasteiger partial charge in [0.25, 0.3) is 0 Å². The topological polar surface area (TPSA) is 58.6 Å². The number of ether oxygens (including phenoxy) is 1. The van der Waals surface area contributed by atoms with Crippen molar-refractivity contribution in [3.63, 3.8) is 0 Å². The molecular weight excluding hydrogens is 391 g/mol. The zero-order valence-corrected chi connectivity index (χ0v) is 17.8. The summed E-state index contributed by atoms with van der Waals surface area (Å²) in [6.45, 7) is 4.36. The first-order chi connectivity index (χ1) is 14.0. The maximum atomic E-state index is 13.8. The number of likely N-dealkylation sites (N-methyl/N-ethyl adjacent to an activating group) is 1. The number of thioether (sulfide) groups is 1. The first-order valence-electron chi connectivity index (χ1n) is 9.47. The molecule has 0 aromatic heterocycles. The Bertz CT molecular complexity index is 814. The standard InChI is InChI=1S/C22H27FN2O3S/c1-4-24-22(27)16(2)25(13-17-9-11-19(28-3)12-10-17)21(26)15-29-14-18-7-5-6-8-20(18)23/h5-12,16H,4,13-15H2,1-3H3,(H,24,27)/t16-/m0/s1. The van der Waals surface area contributed by atoms with Crippen molar-refractivity contribution in [1.82, 2.24) is 10.2 Å². The average Bonchev–Trinajstić information content (AvgIpc) is 2.73. The van der Waals surface area contributed by atoms with Gasteiger partial charge in [-0.25, -0.2) is 4.39 Å². The van der Waals surface area contributed by atoms with Gasteiger partial charge in [-0.1, -0.05) is 30.3 Å². The molecule has 0 heterocycles. The maximum Gasteiger partial charge on any atom is 0.242 e. The quantitative estimate of drug-likeness (QED) is 0.640. The Hall–Kier alpha value is -2.54. The van der Waals surface area contributed by atoms with Crippen molar-refractivity contribution in [3.8, 4) is 5.75 Å². The minimum Gasteiger partial charge on any atom is -0.497 e. The Morgan fingerprint density at radius 3 is 2.48 bits per heavy atom. The summed E-state index contributed by atoms with van der Waals surface area (Å²) in [4.78, 5) is 26.8. The molecule has 0 aliphatic heterocycles. The van der Waals surface area contributed by atoms with Gasteiger partial charge in [0.15, 0.2) is 0 Å². The normalized spacial score (nSPS) is 11.6. The molecule has 7 heteroatoms. The van der Waals surface area contributed by atoms with Crippen LogP contribution in [0, 0.1) is 5.82 Å². The van der Waals surface area contributed by atoms with Crippen LogP contribution in [0.4, 0.5) is 4.39 Å². The van der Waals surface area contributed by atoms with Gasteiger partial charge in [0.2, 0.25) is 11.8 Å². The summed E-state index contributed by atoms with van der Waals surface area (Å²) in [5, 5.41) is 2.76. The number of amides is 2. The second-order valence-electron chi connectivity index (χ2n) is 6.52. The van der Waals surface area contributed by atoms with E-state index >= 15 is 0 Å². The molecule has 0 saturated carbocycles. The second-order valence-corrected chi connectivity index (χ2v) is 7.51. The lowest BCUT2D eigenvalue weighted by molar-refractivity contribution is -0.138. The molecule has 2 aromatic carbocycles. The number of halogens is 1. The van der Waals surface area contributed by atoms with Crippen LogP contribution in [0.1, 0.15) is 25.0 Å². The van der Waals surface area contributed by atoms with Crippen molar-refractivity contribution in [3.05, 3.63) is 65.5 Å². The van der Waals surface area contributed by atoms with Gasteiger partial charge in [0.05, 0.1) is 12.9 Å². The third-order valence-electron chi connectivity index (χ3n) is 4.47. The first-order valence-corrected chi connectivity index (χ1v) is 10.6. The largest absolute Gasteiger partial charge is 0.497 e. The summed E-state index contributed by atoms with van der Waals surface area (Å²) < 4.78 is 18.9. The predicted molar refractivity (Wildman–Crippen MR) is 114 cm³/mol. The van der Waals surface area contributed by atoms with E-state index in [1.165, 1.54) is 17.8 Å². The Labute approximate surface area is 175 Å². The Balaban J connectivity index is 2.06. The molecule has 0 unspecified atom stereocenters. The van der Waals surface area contributed by atoms with Crippen LogP contribution >= 0.6 is 11.8 Å². The second kappa shape index (κ2) is 11.5. The number of nitrogens with zero attached hydrogens (tertiary/aromatic N) is 1. The fourth-order valence-corrected chi connectivity index (χ4v) is 3.68. The molecule has 0 aliphatic carbocycles. The minimum atomic E-state index is -0.612. The van der Waals surface area contributed by atoms with Crippen LogP contribution in [0.3, 0.4) is 0 Å². The lowest BCUT2D eigenvalue weighted by atomic mass is 10.1. The minimum absolute atomic E-state index is 0.161. The summed E-state index contributed by atoms with van der Waals surface area (Å²) >= 11 is 1.33. The third-order valence-corrected chi connectivity index (χ3v) is 5.44. The van der Waals surface area contributed by atoms with Crippen LogP contribution in [-0.4, -0.2) is 42.2 Å². The molecule has 1 N–H and O–H groups in total. The SMILES string of the molecule is CCNC(=O)[C@H](C)N(Cc1ccc(OC)cc1)C(=O)CSCc1ccccc1F. The number of hydrogen-bond donors (Lipinski definition) is 1. The molecule has 0 fully saturated rings. The number of benzene rings is 2. The van der Waals surface area contributed by atoms with Crippen molar-refractivity contribution in [2.75, 3.05) is 19.4 Å². The van der Waals surface area contributed by atoms with Gasteiger partial charge in [-0.3, -0.25) is 9.59 Å². The van der Waals surface area contributed by atoms with E-state index in [9.17, 15) is 14.0 Å². The smallest absolute Gasteiger partial charge is 0.242 e. The van der Waals surface area contributed by atoms with E-state index in [-0.39, 0.29) is 23.4 Å². The van der Waals surface area contributed by atoms with Crippen LogP contribution in [0.2, 0.25) is 0 Å². The molecule has 0 aliphatic rings.